The Morgan fingerprint density at radius 3 is 1.20 bits per heavy atom. The third-order valence-electron chi connectivity index (χ3n) is 0. The fourth-order valence-corrected chi connectivity index (χ4v) is 0. The maximum Gasteiger partial charge on any atom is 2.00 e. The number of hydrogen-bond acceptors (Lipinski definition) is 6. The van der Waals surface area contributed by atoms with E-state index in [9.17, 15) is 0 Å². The van der Waals surface area contributed by atoms with Gasteiger partial charge >= 0.3 is 45.5 Å². The molecular weight excluding hydrogens is 224 g/mol. The van der Waals surface area contributed by atoms with Crippen LogP contribution in [-0.4, -0.2) is 56.7 Å². The van der Waals surface area contributed by atoms with Gasteiger partial charge in [0.25, 0.3) is 0 Å². The fourth-order valence-electron chi connectivity index (χ4n) is 0. The minimum Gasteiger partial charge on any atom is -0.652 e. The summed E-state index contributed by atoms with van der Waals surface area (Å²) in [7, 11) is 0. The molecule has 0 saturated carbocycles. The smallest absolute Gasteiger partial charge is 0.652 e. The van der Waals surface area contributed by atoms with E-state index in [2.05, 4.69) is 0 Å². The zero-order valence-electron chi connectivity index (χ0n) is 5.10. The first-order chi connectivity index (χ1) is 3.46. The molecule has 0 unspecified atom stereocenters. The molecule has 0 aromatic rings. The van der Waals surface area contributed by atoms with Crippen LogP contribution in [0.4, 0.5) is 4.79 Å². The van der Waals surface area contributed by atoms with Crippen LogP contribution >= 0.6 is 0 Å². The van der Waals surface area contributed by atoms with E-state index >= 15 is 0 Å². The molecule has 10 heavy (non-hydrogen) atoms. The van der Waals surface area contributed by atoms with Crippen molar-refractivity contribution in [3.05, 3.63) is 15.3 Å². The van der Waals surface area contributed by atoms with Crippen molar-refractivity contribution in [1.29, 1.82) is 0 Å². The van der Waals surface area contributed by atoms with Gasteiger partial charge < -0.3 is 36.5 Å². The third kappa shape index (κ3) is 47200. The van der Waals surface area contributed by atoms with Gasteiger partial charge in [-0.1, -0.05) is 0 Å². The van der Waals surface area contributed by atoms with Crippen molar-refractivity contribution in [3.8, 4) is 0 Å². The Morgan fingerprint density at radius 2 is 1.20 bits per heavy atom. The van der Waals surface area contributed by atoms with Gasteiger partial charge in [-0.2, -0.15) is 0 Å². The number of carbonyl (C=O) groups is 1. The molecule has 9 heteroatoms. The minimum absolute atomic E-state index is 0. The van der Waals surface area contributed by atoms with Crippen molar-refractivity contribution in [1.82, 2.24) is 6.15 Å². The van der Waals surface area contributed by atoms with E-state index < -0.39 is 11.2 Å². The van der Waals surface area contributed by atoms with Gasteiger partial charge in [0.15, 0.2) is 0 Å². The zero-order chi connectivity index (χ0) is 7.15. The van der Waals surface area contributed by atoms with Crippen LogP contribution in [-0.2, 0) is 0 Å². The monoisotopic (exact) mass is 228 g/mol. The first-order valence-electron chi connectivity index (χ1n) is 1.16. The summed E-state index contributed by atoms with van der Waals surface area (Å²) >= 11 is 0. The van der Waals surface area contributed by atoms with Crippen LogP contribution in [0.1, 0.15) is 0 Å². The number of carbonyl (C=O) groups excluding carboxylic acids is 1. The van der Waals surface area contributed by atoms with Crippen LogP contribution in [0.3, 0.4) is 0 Å². The fraction of sp³-hybridized carbons (Fsp3) is 0. The summed E-state index contributed by atoms with van der Waals surface area (Å²) in [6.07, 6.45) is -2.33. The Bertz CT molecular complexity index is 73.7. The van der Waals surface area contributed by atoms with Gasteiger partial charge in [0, 0.05) is 0 Å². The number of hydrogen-bond donors (Lipinski definition) is 1. The molecule has 0 amide bonds. The molecule has 0 aliphatic rings. The molecule has 0 fully saturated rings. The van der Waals surface area contributed by atoms with Crippen molar-refractivity contribution < 1.29 is 20.1 Å². The molecule has 0 aliphatic carbocycles. The molecule has 0 atom stereocenters. The van der Waals surface area contributed by atoms with Crippen LogP contribution in [0.25, 0.3) is 0 Å². The largest absolute Gasteiger partial charge is 2.00 e. The summed E-state index contributed by atoms with van der Waals surface area (Å²) in [6, 6.07) is 0. The molecule has 0 aliphatic heterocycles. The van der Waals surface area contributed by atoms with Crippen LogP contribution in [0.15, 0.2) is 0 Å². The number of rotatable bonds is 0. The van der Waals surface area contributed by atoms with Crippen LogP contribution < -0.4 is 16.4 Å². The minimum atomic E-state index is -2.33. The van der Waals surface area contributed by atoms with Gasteiger partial charge in [-0.3, -0.25) is 0 Å². The number of quaternary nitrogens is 1. The van der Waals surface area contributed by atoms with E-state index in [1.54, 1.807) is 0 Å². The molecule has 0 rings (SSSR count). The van der Waals surface area contributed by atoms with Crippen molar-refractivity contribution >= 4 is 51.6 Å². The molecule has 4 N–H and O–H groups in total. The Kier molecular flexibility index (Phi) is 36.0. The Balaban J connectivity index is -0.0000000300. The molecule has 8 nitrogen and oxygen atoms in total. The SMILES string of the molecule is O=C([O-])[O-].O=[N+]([O-])[O-].[NH4+].[Sr+2]. The molecule has 0 saturated heterocycles. The average molecular weight is 228 g/mol. The van der Waals surface area contributed by atoms with Gasteiger partial charge in [-0.25, -0.2) is 0 Å². The number of nitrogens with zero attached hydrogens (tertiary/aromatic N) is 1. The van der Waals surface area contributed by atoms with E-state index in [1.807, 2.05) is 0 Å². The van der Waals surface area contributed by atoms with Crippen LogP contribution in [0.5, 0.6) is 0 Å². The van der Waals surface area contributed by atoms with E-state index in [0.29, 0.717) is 0 Å². The van der Waals surface area contributed by atoms with E-state index in [4.69, 9.17) is 30.3 Å². The van der Waals surface area contributed by atoms with E-state index in [1.165, 1.54) is 0 Å². The molecular formula is CH4N2O6Sr. The summed E-state index contributed by atoms with van der Waals surface area (Å²) in [5, 5.41) is 31.4. The Morgan fingerprint density at radius 1 is 1.20 bits per heavy atom. The summed E-state index contributed by atoms with van der Waals surface area (Å²) in [5.74, 6) is 0. The van der Waals surface area contributed by atoms with Crippen molar-refractivity contribution in [2.75, 3.05) is 0 Å². The van der Waals surface area contributed by atoms with E-state index in [0.717, 1.165) is 0 Å². The second kappa shape index (κ2) is 16.0. The van der Waals surface area contributed by atoms with Crippen LogP contribution in [0, 0.1) is 15.3 Å². The van der Waals surface area contributed by atoms with Gasteiger partial charge in [-0.05, 0) is 6.16 Å². The second-order valence-corrected chi connectivity index (χ2v) is 0.474. The second-order valence-electron chi connectivity index (χ2n) is 0.474. The van der Waals surface area contributed by atoms with Crippen molar-refractivity contribution in [2.24, 2.45) is 0 Å². The predicted molar refractivity (Wildman–Crippen MR) is 27.5 cm³/mol. The molecule has 0 aromatic carbocycles. The first kappa shape index (κ1) is 22.5. The molecule has 0 heterocycles. The standard InChI is InChI=1S/CH2O3.NO3.H3N.Sr/c2*2-1(3)4;;/h(H2,2,3,4);;1H3;/q;-1;;+2/p-1. The van der Waals surface area contributed by atoms with Gasteiger partial charge in [0.1, 0.15) is 0 Å². The maximum atomic E-state index is 8.33. The Hall–Kier alpha value is -0.0895. The van der Waals surface area contributed by atoms with Crippen molar-refractivity contribution in [3.63, 3.8) is 0 Å². The molecule has 56 valence electrons. The van der Waals surface area contributed by atoms with Gasteiger partial charge in [0.2, 0.25) is 0 Å². The normalized spacial score (nSPS) is 4.80. The van der Waals surface area contributed by atoms with Gasteiger partial charge in [0.05, 0.1) is 5.09 Å². The topological polar surface area (TPSA) is 166 Å². The quantitative estimate of drug-likeness (QED) is 0.269. The zero-order valence-corrected chi connectivity index (χ0v) is 8.58. The Labute approximate surface area is 92.4 Å². The molecule has 0 radical (unpaired) electrons. The maximum absolute atomic E-state index is 8.33. The van der Waals surface area contributed by atoms with E-state index in [-0.39, 0.29) is 51.6 Å². The molecule has 0 bridgehead atoms. The average Bonchev–Trinajstić information content (AvgIpc) is 1.25. The molecule has 0 spiro atoms. The summed E-state index contributed by atoms with van der Waals surface area (Å²) in [4.78, 5) is 16.6. The van der Waals surface area contributed by atoms with Crippen molar-refractivity contribution in [2.45, 2.75) is 0 Å². The van der Waals surface area contributed by atoms with Gasteiger partial charge in [-0.15, -0.1) is 0 Å². The number of carboxylic acid groups (broad SMARTS) is 2. The summed E-state index contributed by atoms with van der Waals surface area (Å²) < 4.78 is 0. The first-order valence-corrected chi connectivity index (χ1v) is 1.16. The third-order valence-corrected chi connectivity index (χ3v) is 0. The summed E-state index contributed by atoms with van der Waals surface area (Å²) in [6.45, 7) is 0. The molecule has 0 aromatic heterocycles. The predicted octanol–water partition coefficient (Wildman–Crippen LogP) is -2.69. The van der Waals surface area contributed by atoms with Crippen LogP contribution in [0.2, 0.25) is 0 Å². The summed E-state index contributed by atoms with van der Waals surface area (Å²) in [5.41, 5.74) is 0.